The Labute approximate surface area is 149 Å². The summed E-state index contributed by atoms with van der Waals surface area (Å²) >= 11 is 0.935. The molecular weight excluding hydrogens is 362 g/mol. The Hall–Kier alpha value is -3.60. The van der Waals surface area contributed by atoms with Gasteiger partial charge in [0.2, 0.25) is 0 Å². The molecule has 0 radical (unpaired) electrons. The lowest BCUT2D eigenvalue weighted by Crippen LogP contribution is -2.42. The van der Waals surface area contributed by atoms with E-state index in [4.69, 9.17) is 0 Å². The molecule has 132 valence electrons. The number of H-pyrrole nitrogens is 1. The molecule has 0 unspecified atom stereocenters. The Morgan fingerprint density at radius 3 is 2.50 bits per heavy atom. The third-order valence-corrected chi connectivity index (χ3v) is 4.55. The lowest BCUT2D eigenvalue weighted by Gasteiger charge is -2.07. The number of fused-ring (bicyclic) bond motifs is 1. The number of nitrogens with one attached hydrogen (secondary N) is 3. The number of aromatic amines is 1. The molecule has 10 nitrogen and oxygen atoms in total. The molecule has 2 amide bonds. The van der Waals surface area contributed by atoms with Gasteiger partial charge in [-0.3, -0.25) is 35.3 Å². The fraction of sp³-hybridized carbons (Fsp3) is 0.0667. The summed E-state index contributed by atoms with van der Waals surface area (Å²) in [6.07, 6.45) is 0. The van der Waals surface area contributed by atoms with Gasteiger partial charge < -0.3 is 0 Å². The molecule has 0 bridgehead atoms. The summed E-state index contributed by atoms with van der Waals surface area (Å²) in [6.45, 7) is 1.52. The smallest absolute Gasteiger partial charge is 0.267 e. The summed E-state index contributed by atoms with van der Waals surface area (Å²) in [6, 6.07) is 7.52. The van der Waals surface area contributed by atoms with Gasteiger partial charge in [-0.25, -0.2) is 5.10 Å². The maximum atomic E-state index is 12.3. The van der Waals surface area contributed by atoms with E-state index < -0.39 is 22.3 Å². The first kappa shape index (κ1) is 17.2. The molecule has 26 heavy (non-hydrogen) atoms. The number of thiophene rings is 1. The highest BCUT2D eigenvalue weighted by atomic mass is 32.1. The number of hydrazine groups is 1. The van der Waals surface area contributed by atoms with E-state index in [-0.39, 0.29) is 21.6 Å². The molecule has 0 aliphatic rings. The minimum atomic E-state index is -0.742. The van der Waals surface area contributed by atoms with Crippen LogP contribution in [0.4, 0.5) is 5.69 Å². The van der Waals surface area contributed by atoms with E-state index in [1.807, 2.05) is 0 Å². The second-order valence-electron chi connectivity index (χ2n) is 5.16. The average Bonchev–Trinajstić information content (AvgIpc) is 3.02. The van der Waals surface area contributed by atoms with Crippen molar-refractivity contribution in [3.8, 4) is 0 Å². The van der Waals surface area contributed by atoms with Crippen molar-refractivity contribution in [3.63, 3.8) is 0 Å². The molecule has 3 rings (SSSR count). The number of carbonyl (C=O) groups is 2. The summed E-state index contributed by atoms with van der Waals surface area (Å²) in [5.41, 5.74) is 3.67. The van der Waals surface area contributed by atoms with Gasteiger partial charge in [-0.2, -0.15) is 5.10 Å². The molecule has 1 aromatic carbocycles. The van der Waals surface area contributed by atoms with Crippen LogP contribution in [-0.4, -0.2) is 26.9 Å². The number of aryl methyl sites for hydroxylation is 1. The summed E-state index contributed by atoms with van der Waals surface area (Å²) in [5.74, 6) is -1.44. The number of carbonyl (C=O) groups excluding carboxylic acids is 2. The van der Waals surface area contributed by atoms with E-state index in [0.29, 0.717) is 10.3 Å². The van der Waals surface area contributed by atoms with Crippen LogP contribution >= 0.6 is 11.3 Å². The van der Waals surface area contributed by atoms with Gasteiger partial charge in [0.25, 0.3) is 23.1 Å². The molecule has 0 saturated heterocycles. The Morgan fingerprint density at radius 2 is 1.85 bits per heavy atom. The fourth-order valence-electron chi connectivity index (χ4n) is 2.29. The van der Waals surface area contributed by atoms with Gasteiger partial charge in [0, 0.05) is 11.5 Å². The van der Waals surface area contributed by atoms with Gasteiger partial charge in [0.05, 0.1) is 15.2 Å². The van der Waals surface area contributed by atoms with E-state index in [9.17, 15) is 24.5 Å². The summed E-state index contributed by atoms with van der Waals surface area (Å²) in [7, 11) is 0. The number of nitrogens with zero attached hydrogens (tertiary/aromatic N) is 2. The van der Waals surface area contributed by atoms with Crippen molar-refractivity contribution in [1.82, 2.24) is 21.0 Å². The SMILES string of the molecule is Cc1sc(C(=O)NNC(=O)c2n[nH]c(=O)c3ccccc23)cc1[N+](=O)[O-]. The third kappa shape index (κ3) is 3.15. The third-order valence-electron chi connectivity index (χ3n) is 3.51. The van der Waals surface area contributed by atoms with Crippen LogP contribution in [0.5, 0.6) is 0 Å². The van der Waals surface area contributed by atoms with Crippen molar-refractivity contribution in [3.05, 3.63) is 66.2 Å². The van der Waals surface area contributed by atoms with Crippen molar-refractivity contribution in [2.24, 2.45) is 0 Å². The molecule has 0 saturated carbocycles. The van der Waals surface area contributed by atoms with Gasteiger partial charge >= 0.3 is 0 Å². The van der Waals surface area contributed by atoms with Crippen LogP contribution in [0.15, 0.2) is 35.1 Å². The van der Waals surface area contributed by atoms with Crippen LogP contribution in [-0.2, 0) is 0 Å². The van der Waals surface area contributed by atoms with E-state index in [0.717, 1.165) is 17.4 Å². The zero-order valence-corrected chi connectivity index (χ0v) is 14.0. The molecule has 3 aromatic rings. The van der Waals surface area contributed by atoms with Gasteiger partial charge in [-0.05, 0) is 13.0 Å². The molecular formula is C15H11N5O5S. The van der Waals surface area contributed by atoms with E-state index in [1.54, 1.807) is 24.3 Å². The monoisotopic (exact) mass is 373 g/mol. The van der Waals surface area contributed by atoms with Crippen molar-refractivity contribution in [2.45, 2.75) is 6.92 Å². The Morgan fingerprint density at radius 1 is 1.19 bits per heavy atom. The standard InChI is InChI=1S/C15H11N5O5S/c1-7-10(20(24)25)6-11(26-7)14(22)18-19-15(23)12-8-4-2-3-5-9(8)13(21)17-16-12/h2-6H,1H3,(H,17,21)(H,18,22)(H,19,23). The molecule has 0 aliphatic carbocycles. The lowest BCUT2D eigenvalue weighted by molar-refractivity contribution is -0.385. The first-order valence-electron chi connectivity index (χ1n) is 7.21. The molecule has 0 spiro atoms. The number of rotatable bonds is 3. The second-order valence-corrected chi connectivity index (χ2v) is 6.42. The highest BCUT2D eigenvalue weighted by Gasteiger charge is 2.20. The fourth-order valence-corrected chi connectivity index (χ4v) is 3.17. The molecule has 11 heteroatoms. The predicted molar refractivity (Wildman–Crippen MR) is 93.0 cm³/mol. The van der Waals surface area contributed by atoms with Crippen LogP contribution in [0.25, 0.3) is 10.8 Å². The summed E-state index contributed by atoms with van der Waals surface area (Å²) in [4.78, 5) is 46.8. The van der Waals surface area contributed by atoms with Crippen LogP contribution in [0, 0.1) is 17.0 Å². The quantitative estimate of drug-likeness (QED) is 0.465. The highest BCUT2D eigenvalue weighted by Crippen LogP contribution is 2.27. The molecule has 3 N–H and O–H groups in total. The number of benzene rings is 1. The maximum Gasteiger partial charge on any atom is 0.290 e. The van der Waals surface area contributed by atoms with Crippen molar-refractivity contribution < 1.29 is 14.5 Å². The second kappa shape index (κ2) is 6.72. The van der Waals surface area contributed by atoms with E-state index in [2.05, 4.69) is 21.0 Å². The number of hydrogen-bond donors (Lipinski definition) is 3. The Kier molecular flexibility index (Phi) is 4.45. The molecule has 0 aliphatic heterocycles. The zero-order valence-electron chi connectivity index (χ0n) is 13.2. The summed E-state index contributed by atoms with van der Waals surface area (Å²) < 4.78 is 0. The van der Waals surface area contributed by atoms with Crippen molar-refractivity contribution in [1.29, 1.82) is 0 Å². The maximum absolute atomic E-state index is 12.3. The van der Waals surface area contributed by atoms with Gasteiger partial charge in [0.1, 0.15) is 4.88 Å². The van der Waals surface area contributed by atoms with Crippen LogP contribution in [0.1, 0.15) is 25.0 Å². The Balaban J connectivity index is 1.78. The molecule has 2 aromatic heterocycles. The molecule has 0 atom stereocenters. The molecule has 0 fully saturated rings. The number of amides is 2. The Bertz CT molecular complexity index is 1100. The normalized spacial score (nSPS) is 10.5. The van der Waals surface area contributed by atoms with Gasteiger partial charge in [0.15, 0.2) is 5.69 Å². The number of nitro groups is 1. The van der Waals surface area contributed by atoms with E-state index >= 15 is 0 Å². The lowest BCUT2D eigenvalue weighted by atomic mass is 10.1. The van der Waals surface area contributed by atoms with E-state index in [1.165, 1.54) is 6.92 Å². The average molecular weight is 373 g/mol. The minimum Gasteiger partial charge on any atom is -0.267 e. The van der Waals surface area contributed by atoms with Crippen LogP contribution in [0.3, 0.4) is 0 Å². The largest absolute Gasteiger partial charge is 0.290 e. The van der Waals surface area contributed by atoms with Gasteiger partial charge in [-0.1, -0.05) is 18.2 Å². The van der Waals surface area contributed by atoms with Crippen LogP contribution < -0.4 is 16.4 Å². The predicted octanol–water partition coefficient (Wildman–Crippen LogP) is 1.28. The summed E-state index contributed by atoms with van der Waals surface area (Å²) in [5, 5.41) is 17.4. The minimum absolute atomic E-state index is 0.0751. The number of aromatic nitrogens is 2. The van der Waals surface area contributed by atoms with Gasteiger partial charge in [-0.15, -0.1) is 11.3 Å². The molecule has 2 heterocycles. The van der Waals surface area contributed by atoms with Crippen molar-refractivity contribution in [2.75, 3.05) is 0 Å². The first-order chi connectivity index (χ1) is 12.4. The first-order valence-corrected chi connectivity index (χ1v) is 8.03. The zero-order chi connectivity index (χ0) is 18.8. The topological polar surface area (TPSA) is 147 Å². The van der Waals surface area contributed by atoms with Crippen LogP contribution in [0.2, 0.25) is 0 Å². The van der Waals surface area contributed by atoms with Crippen molar-refractivity contribution >= 4 is 39.6 Å². The highest BCUT2D eigenvalue weighted by molar-refractivity contribution is 7.14. The number of hydrogen-bond acceptors (Lipinski definition) is 7.